The van der Waals surface area contributed by atoms with Gasteiger partial charge in [-0.25, -0.2) is 0 Å². The zero-order chi connectivity index (χ0) is 20.1. The minimum atomic E-state index is 0. The number of hydrogen-bond acceptors (Lipinski definition) is 4. The molecule has 8 heteroatoms. The highest BCUT2D eigenvalue weighted by Gasteiger charge is 2.31. The second kappa shape index (κ2) is 12.4. The number of fused-ring (bicyclic) bond motifs is 1. The summed E-state index contributed by atoms with van der Waals surface area (Å²) < 4.78 is 2.11. The summed E-state index contributed by atoms with van der Waals surface area (Å²) in [4.78, 5) is 19.3. The van der Waals surface area contributed by atoms with E-state index in [1.165, 1.54) is 23.2 Å². The number of hydrogen-bond donors (Lipinski definition) is 1. The average molecular weight is 468 g/mol. The van der Waals surface area contributed by atoms with Gasteiger partial charge in [0.1, 0.15) is 0 Å². The van der Waals surface area contributed by atoms with E-state index in [2.05, 4.69) is 34.0 Å². The molecule has 1 N–H and O–H groups in total. The lowest BCUT2D eigenvalue weighted by atomic mass is 9.90. The first-order chi connectivity index (χ1) is 14.3. The van der Waals surface area contributed by atoms with Crippen LogP contribution in [0.2, 0.25) is 0 Å². The summed E-state index contributed by atoms with van der Waals surface area (Å²) in [5.41, 5.74) is 4.51. The summed E-state index contributed by atoms with van der Waals surface area (Å²) in [5, 5.41) is 8.53. The number of pyridine rings is 1. The van der Waals surface area contributed by atoms with Crippen LogP contribution in [-0.2, 0) is 25.8 Å². The monoisotopic (exact) mass is 467 g/mol. The van der Waals surface area contributed by atoms with Crippen molar-refractivity contribution in [3.05, 3.63) is 47.0 Å². The van der Waals surface area contributed by atoms with Gasteiger partial charge < -0.3 is 10.2 Å². The molecule has 0 saturated carbocycles. The Hall–Kier alpha value is -1.63. The van der Waals surface area contributed by atoms with Crippen LogP contribution in [0.3, 0.4) is 0 Å². The first-order valence-electron chi connectivity index (χ1n) is 11.3. The van der Waals surface area contributed by atoms with Gasteiger partial charge in [-0.1, -0.05) is 6.92 Å². The van der Waals surface area contributed by atoms with Crippen LogP contribution in [0.1, 0.15) is 66.3 Å². The summed E-state index contributed by atoms with van der Waals surface area (Å²) in [6, 6.07) is 4.56. The third-order valence-electron chi connectivity index (χ3n) is 6.22. The molecular weight excluding hydrogens is 433 g/mol. The molecule has 2 aromatic heterocycles. The van der Waals surface area contributed by atoms with Gasteiger partial charge in [-0.3, -0.25) is 14.5 Å². The Bertz CT molecular complexity index is 821. The number of aromatic nitrogens is 3. The van der Waals surface area contributed by atoms with Gasteiger partial charge in [0.15, 0.2) is 5.69 Å². The highest BCUT2D eigenvalue weighted by Crippen LogP contribution is 2.27. The molecule has 1 aliphatic carbocycles. The number of piperidine rings is 1. The lowest BCUT2D eigenvalue weighted by molar-refractivity contribution is 0.0716. The molecule has 0 spiro atoms. The van der Waals surface area contributed by atoms with Crippen LogP contribution in [0, 0.1) is 0 Å². The van der Waals surface area contributed by atoms with Gasteiger partial charge in [0.2, 0.25) is 0 Å². The summed E-state index contributed by atoms with van der Waals surface area (Å²) in [7, 11) is 0. The normalized spacial score (nSPS) is 18.0. The van der Waals surface area contributed by atoms with Crippen molar-refractivity contribution in [2.24, 2.45) is 0 Å². The van der Waals surface area contributed by atoms with Gasteiger partial charge in [0, 0.05) is 49.3 Å². The predicted octanol–water partition coefficient (Wildman–Crippen LogP) is 3.85. The summed E-state index contributed by atoms with van der Waals surface area (Å²) >= 11 is 0. The summed E-state index contributed by atoms with van der Waals surface area (Å²) in [6.45, 7) is 5.77. The Morgan fingerprint density at radius 1 is 1.16 bits per heavy atom. The zero-order valence-corrected chi connectivity index (χ0v) is 20.0. The third-order valence-corrected chi connectivity index (χ3v) is 6.22. The molecule has 1 aliphatic heterocycles. The molecule has 4 rings (SSSR count). The first kappa shape index (κ1) is 25.6. The van der Waals surface area contributed by atoms with E-state index < -0.39 is 0 Å². The van der Waals surface area contributed by atoms with Crippen LogP contribution < -0.4 is 5.32 Å². The SMILES string of the molecule is CCCn1nc(C(=O)N2CCCCC2)c2c1CCC(NCCc1ccncc1)C2.Cl.Cl. The highest BCUT2D eigenvalue weighted by molar-refractivity contribution is 5.94. The van der Waals surface area contributed by atoms with E-state index in [1.54, 1.807) is 0 Å². The molecule has 172 valence electrons. The molecule has 0 bridgehead atoms. The second-order valence-corrected chi connectivity index (χ2v) is 8.35. The number of nitrogens with zero attached hydrogens (tertiary/aromatic N) is 4. The van der Waals surface area contributed by atoms with Gasteiger partial charge in [-0.15, -0.1) is 24.8 Å². The van der Waals surface area contributed by atoms with Crippen molar-refractivity contribution in [1.29, 1.82) is 0 Å². The number of amides is 1. The van der Waals surface area contributed by atoms with Gasteiger partial charge in [-0.2, -0.15) is 5.10 Å². The van der Waals surface area contributed by atoms with Crippen LogP contribution in [0.15, 0.2) is 24.5 Å². The number of likely N-dealkylation sites (tertiary alicyclic amines) is 1. The smallest absolute Gasteiger partial charge is 0.274 e. The number of aryl methyl sites for hydroxylation is 1. The van der Waals surface area contributed by atoms with Crippen molar-refractivity contribution in [1.82, 2.24) is 25.0 Å². The Labute approximate surface area is 198 Å². The molecule has 1 fully saturated rings. The van der Waals surface area contributed by atoms with E-state index in [4.69, 9.17) is 5.10 Å². The molecule has 1 saturated heterocycles. The molecule has 1 amide bonds. The standard InChI is InChI=1S/C23H33N5O.2ClH/c1-2-14-28-21-7-6-19(25-13-10-18-8-11-24-12-9-18)17-20(21)22(26-28)23(29)27-15-4-3-5-16-27;;/h8-9,11-12,19,25H,2-7,10,13-17H2,1H3;2*1H. The van der Waals surface area contributed by atoms with Crippen LogP contribution >= 0.6 is 24.8 Å². The minimum absolute atomic E-state index is 0. The van der Waals surface area contributed by atoms with Crippen molar-refractivity contribution in [2.75, 3.05) is 19.6 Å². The lowest BCUT2D eigenvalue weighted by Gasteiger charge is -2.28. The largest absolute Gasteiger partial charge is 0.337 e. The number of halogens is 2. The van der Waals surface area contributed by atoms with Crippen molar-refractivity contribution in [3.8, 4) is 0 Å². The van der Waals surface area contributed by atoms with Crippen molar-refractivity contribution in [3.63, 3.8) is 0 Å². The quantitative estimate of drug-likeness (QED) is 0.671. The minimum Gasteiger partial charge on any atom is -0.337 e. The molecular formula is C23H35Cl2N5O. The fourth-order valence-electron chi connectivity index (χ4n) is 4.65. The fraction of sp³-hybridized carbons (Fsp3) is 0.609. The van der Waals surface area contributed by atoms with Gasteiger partial charge >= 0.3 is 0 Å². The van der Waals surface area contributed by atoms with Gasteiger partial charge in [-0.05, 0) is 75.6 Å². The van der Waals surface area contributed by atoms with Gasteiger partial charge in [0.05, 0.1) is 0 Å². The van der Waals surface area contributed by atoms with E-state index >= 15 is 0 Å². The maximum atomic E-state index is 13.2. The predicted molar refractivity (Wildman–Crippen MR) is 129 cm³/mol. The van der Waals surface area contributed by atoms with E-state index in [0.717, 1.165) is 76.8 Å². The summed E-state index contributed by atoms with van der Waals surface area (Å²) in [5.74, 6) is 0.147. The van der Waals surface area contributed by atoms with Gasteiger partial charge in [0.25, 0.3) is 5.91 Å². The van der Waals surface area contributed by atoms with Crippen molar-refractivity contribution < 1.29 is 4.79 Å². The van der Waals surface area contributed by atoms with E-state index in [0.29, 0.717) is 6.04 Å². The molecule has 6 nitrogen and oxygen atoms in total. The Kier molecular flexibility index (Phi) is 10.3. The third kappa shape index (κ3) is 6.21. The van der Waals surface area contributed by atoms with Crippen molar-refractivity contribution in [2.45, 2.75) is 70.9 Å². The highest BCUT2D eigenvalue weighted by atomic mass is 35.5. The van der Waals surface area contributed by atoms with Crippen LogP contribution in [0.5, 0.6) is 0 Å². The maximum absolute atomic E-state index is 13.2. The maximum Gasteiger partial charge on any atom is 0.274 e. The summed E-state index contributed by atoms with van der Waals surface area (Å²) in [6.07, 6.45) is 12.2. The Balaban J connectivity index is 0.00000171. The van der Waals surface area contributed by atoms with E-state index in [-0.39, 0.29) is 30.7 Å². The van der Waals surface area contributed by atoms with Crippen LogP contribution in [-0.4, -0.2) is 51.2 Å². The van der Waals surface area contributed by atoms with Crippen LogP contribution in [0.25, 0.3) is 0 Å². The second-order valence-electron chi connectivity index (χ2n) is 8.35. The number of carbonyl (C=O) groups is 1. The topological polar surface area (TPSA) is 63.1 Å². The molecule has 31 heavy (non-hydrogen) atoms. The number of carbonyl (C=O) groups excluding carboxylic acids is 1. The Morgan fingerprint density at radius 2 is 1.90 bits per heavy atom. The molecule has 3 heterocycles. The number of rotatable bonds is 7. The molecule has 0 aromatic carbocycles. The molecule has 0 radical (unpaired) electrons. The molecule has 2 aromatic rings. The van der Waals surface area contributed by atoms with Crippen molar-refractivity contribution >= 4 is 30.7 Å². The lowest BCUT2D eigenvalue weighted by Crippen LogP contribution is -2.38. The number of nitrogens with one attached hydrogen (secondary N) is 1. The van der Waals surface area contributed by atoms with E-state index in [1.807, 2.05) is 17.3 Å². The van der Waals surface area contributed by atoms with Crippen LogP contribution in [0.4, 0.5) is 0 Å². The Morgan fingerprint density at radius 3 is 2.61 bits per heavy atom. The van der Waals surface area contributed by atoms with E-state index in [9.17, 15) is 4.79 Å². The first-order valence-corrected chi connectivity index (χ1v) is 11.3. The molecule has 1 atom stereocenters. The molecule has 1 unspecified atom stereocenters. The average Bonchev–Trinajstić information content (AvgIpc) is 3.13. The fourth-order valence-corrected chi connectivity index (χ4v) is 4.65. The molecule has 2 aliphatic rings. The zero-order valence-electron chi connectivity index (χ0n) is 18.4.